The second-order valence-electron chi connectivity index (χ2n) is 2.62. The molecule has 3 N–H and O–H groups in total. The first kappa shape index (κ1) is 9.36. The molecule has 0 bridgehead atoms. The molecule has 0 heterocycles. The van der Waals surface area contributed by atoms with Gasteiger partial charge in [-0.3, -0.25) is 0 Å². The van der Waals surface area contributed by atoms with E-state index in [4.69, 9.17) is 17.3 Å². The summed E-state index contributed by atoms with van der Waals surface area (Å²) in [7, 11) is 0. The summed E-state index contributed by atoms with van der Waals surface area (Å²) in [5, 5.41) is 3.93. The molecule has 0 aliphatic carbocycles. The number of nitrogens with two attached hydrogens (primary N) is 1. The van der Waals surface area contributed by atoms with E-state index in [1.807, 2.05) is 12.1 Å². The molecule has 3 heteroatoms. The largest absolute Gasteiger partial charge is 0.398 e. The van der Waals surface area contributed by atoms with Crippen molar-refractivity contribution in [3.63, 3.8) is 0 Å². The van der Waals surface area contributed by atoms with E-state index in [1.165, 1.54) is 0 Å². The lowest BCUT2D eigenvalue weighted by molar-refractivity contribution is 0.728. The SMILES string of the molecule is CCNCc1cc(Cl)ccc1N. The molecule has 0 spiro atoms. The molecule has 0 atom stereocenters. The Morgan fingerprint density at radius 1 is 1.50 bits per heavy atom. The van der Waals surface area contributed by atoms with Gasteiger partial charge in [0.25, 0.3) is 0 Å². The van der Waals surface area contributed by atoms with Crippen LogP contribution in [0, 0.1) is 0 Å². The number of nitrogens with one attached hydrogen (secondary N) is 1. The fourth-order valence-corrected chi connectivity index (χ4v) is 1.18. The number of nitrogen functional groups attached to an aromatic ring is 1. The Kier molecular flexibility index (Phi) is 3.38. The van der Waals surface area contributed by atoms with Gasteiger partial charge in [-0.25, -0.2) is 0 Å². The Hall–Kier alpha value is -0.730. The van der Waals surface area contributed by atoms with Gasteiger partial charge in [-0.15, -0.1) is 0 Å². The van der Waals surface area contributed by atoms with Gasteiger partial charge in [-0.1, -0.05) is 18.5 Å². The van der Waals surface area contributed by atoms with Crippen LogP contribution in [-0.2, 0) is 6.54 Å². The summed E-state index contributed by atoms with van der Waals surface area (Å²) in [4.78, 5) is 0. The van der Waals surface area contributed by atoms with Gasteiger partial charge in [0.1, 0.15) is 0 Å². The maximum atomic E-state index is 5.81. The molecule has 0 fully saturated rings. The normalized spacial score (nSPS) is 10.2. The lowest BCUT2D eigenvalue weighted by atomic mass is 10.2. The van der Waals surface area contributed by atoms with E-state index in [2.05, 4.69) is 12.2 Å². The van der Waals surface area contributed by atoms with Crippen molar-refractivity contribution in [1.29, 1.82) is 0 Å². The van der Waals surface area contributed by atoms with Crippen molar-refractivity contribution < 1.29 is 0 Å². The van der Waals surface area contributed by atoms with E-state index < -0.39 is 0 Å². The van der Waals surface area contributed by atoms with Crippen LogP contribution in [0.2, 0.25) is 5.02 Å². The summed E-state index contributed by atoms with van der Waals surface area (Å²) in [5.74, 6) is 0. The highest BCUT2D eigenvalue weighted by atomic mass is 35.5. The Morgan fingerprint density at radius 2 is 2.25 bits per heavy atom. The van der Waals surface area contributed by atoms with Crippen molar-refractivity contribution in [1.82, 2.24) is 5.32 Å². The summed E-state index contributed by atoms with van der Waals surface area (Å²) in [6.07, 6.45) is 0. The van der Waals surface area contributed by atoms with E-state index in [1.54, 1.807) is 6.07 Å². The summed E-state index contributed by atoms with van der Waals surface area (Å²) in [5.41, 5.74) is 7.58. The average molecular weight is 185 g/mol. The van der Waals surface area contributed by atoms with Gasteiger partial charge in [0.05, 0.1) is 0 Å². The molecule has 12 heavy (non-hydrogen) atoms. The van der Waals surface area contributed by atoms with Crippen LogP contribution in [0.1, 0.15) is 12.5 Å². The molecule has 1 rings (SSSR count). The van der Waals surface area contributed by atoms with Gasteiger partial charge in [-0.05, 0) is 30.3 Å². The molecule has 0 aliphatic heterocycles. The Labute approximate surface area is 77.7 Å². The highest BCUT2D eigenvalue weighted by Crippen LogP contribution is 2.17. The number of anilines is 1. The molecule has 0 saturated carbocycles. The second-order valence-corrected chi connectivity index (χ2v) is 3.06. The number of benzene rings is 1. The standard InChI is InChI=1S/C9H13ClN2/c1-2-12-6-7-5-8(10)3-4-9(7)11/h3-5,12H,2,6,11H2,1H3. The molecule has 2 nitrogen and oxygen atoms in total. The van der Waals surface area contributed by atoms with Crippen molar-refractivity contribution in [3.05, 3.63) is 28.8 Å². The Morgan fingerprint density at radius 3 is 2.92 bits per heavy atom. The zero-order chi connectivity index (χ0) is 8.97. The third kappa shape index (κ3) is 2.40. The molecular weight excluding hydrogens is 172 g/mol. The highest BCUT2D eigenvalue weighted by molar-refractivity contribution is 6.30. The predicted molar refractivity (Wildman–Crippen MR) is 53.2 cm³/mol. The topological polar surface area (TPSA) is 38.0 Å². The third-order valence-corrected chi connectivity index (χ3v) is 1.91. The van der Waals surface area contributed by atoms with Crippen molar-refractivity contribution in [3.8, 4) is 0 Å². The van der Waals surface area contributed by atoms with Gasteiger partial charge >= 0.3 is 0 Å². The summed E-state index contributed by atoms with van der Waals surface area (Å²) >= 11 is 5.81. The van der Waals surface area contributed by atoms with E-state index in [-0.39, 0.29) is 0 Å². The third-order valence-electron chi connectivity index (χ3n) is 1.67. The lowest BCUT2D eigenvalue weighted by Gasteiger charge is -2.05. The highest BCUT2D eigenvalue weighted by Gasteiger charge is 1.98. The molecule has 0 saturated heterocycles. The smallest absolute Gasteiger partial charge is 0.0410 e. The fraction of sp³-hybridized carbons (Fsp3) is 0.333. The van der Waals surface area contributed by atoms with Gasteiger partial charge in [0.2, 0.25) is 0 Å². The monoisotopic (exact) mass is 184 g/mol. The first-order chi connectivity index (χ1) is 5.74. The van der Waals surface area contributed by atoms with Crippen LogP contribution in [0.5, 0.6) is 0 Å². The quantitative estimate of drug-likeness (QED) is 0.706. The number of hydrogen-bond donors (Lipinski definition) is 2. The first-order valence-electron chi connectivity index (χ1n) is 3.98. The van der Waals surface area contributed by atoms with Crippen molar-refractivity contribution in [2.45, 2.75) is 13.5 Å². The van der Waals surface area contributed by atoms with Crippen molar-refractivity contribution in [2.24, 2.45) is 0 Å². The van der Waals surface area contributed by atoms with Crippen molar-refractivity contribution >= 4 is 17.3 Å². The van der Waals surface area contributed by atoms with Gasteiger partial charge in [-0.2, -0.15) is 0 Å². The van der Waals surface area contributed by atoms with Crippen LogP contribution >= 0.6 is 11.6 Å². The maximum absolute atomic E-state index is 5.81. The van der Waals surface area contributed by atoms with Crippen LogP contribution in [0.3, 0.4) is 0 Å². The second kappa shape index (κ2) is 4.33. The van der Waals surface area contributed by atoms with Crippen LogP contribution in [0.4, 0.5) is 5.69 Å². The van der Waals surface area contributed by atoms with Crippen LogP contribution in [-0.4, -0.2) is 6.54 Å². The molecule has 66 valence electrons. The van der Waals surface area contributed by atoms with Crippen LogP contribution < -0.4 is 11.1 Å². The molecule has 0 amide bonds. The lowest BCUT2D eigenvalue weighted by Crippen LogP contribution is -2.13. The zero-order valence-corrected chi connectivity index (χ0v) is 7.86. The summed E-state index contributed by atoms with van der Waals surface area (Å²) < 4.78 is 0. The van der Waals surface area contributed by atoms with Crippen LogP contribution in [0.25, 0.3) is 0 Å². The molecule has 0 aliphatic rings. The van der Waals surface area contributed by atoms with Gasteiger partial charge < -0.3 is 11.1 Å². The molecule has 0 radical (unpaired) electrons. The number of hydrogen-bond acceptors (Lipinski definition) is 2. The zero-order valence-electron chi connectivity index (χ0n) is 7.10. The van der Waals surface area contributed by atoms with E-state index in [9.17, 15) is 0 Å². The van der Waals surface area contributed by atoms with E-state index in [0.717, 1.165) is 29.4 Å². The van der Waals surface area contributed by atoms with E-state index >= 15 is 0 Å². The Balaban J connectivity index is 2.75. The minimum atomic E-state index is 0.733. The molecule has 1 aromatic rings. The first-order valence-corrected chi connectivity index (χ1v) is 4.36. The molecule has 0 unspecified atom stereocenters. The average Bonchev–Trinajstić information content (AvgIpc) is 2.07. The van der Waals surface area contributed by atoms with Crippen molar-refractivity contribution in [2.75, 3.05) is 12.3 Å². The maximum Gasteiger partial charge on any atom is 0.0410 e. The van der Waals surface area contributed by atoms with Gasteiger partial charge in [0, 0.05) is 17.3 Å². The summed E-state index contributed by atoms with van der Waals surface area (Å²) in [6, 6.07) is 5.51. The minimum absolute atomic E-state index is 0.733. The number of halogens is 1. The molecule has 0 aromatic heterocycles. The molecular formula is C9H13ClN2. The Bertz CT molecular complexity index is 261. The van der Waals surface area contributed by atoms with Gasteiger partial charge in [0.15, 0.2) is 0 Å². The predicted octanol–water partition coefficient (Wildman–Crippen LogP) is 2.03. The van der Waals surface area contributed by atoms with Crippen LogP contribution in [0.15, 0.2) is 18.2 Å². The summed E-state index contributed by atoms with van der Waals surface area (Å²) in [6.45, 7) is 3.77. The fourth-order valence-electron chi connectivity index (χ4n) is 0.987. The van der Waals surface area contributed by atoms with E-state index in [0.29, 0.717) is 0 Å². The number of rotatable bonds is 3. The minimum Gasteiger partial charge on any atom is -0.398 e. The molecule has 1 aromatic carbocycles.